The quantitative estimate of drug-likeness (QED) is 0.535. The average Bonchev–Trinajstić information content (AvgIpc) is 2.89. The van der Waals surface area contributed by atoms with Crippen molar-refractivity contribution >= 4 is 23.2 Å². The van der Waals surface area contributed by atoms with E-state index in [9.17, 15) is 9.59 Å². The molecule has 3 aromatic carbocycles. The fourth-order valence-electron chi connectivity index (χ4n) is 3.92. The number of anilines is 2. The fraction of sp³-hybridized carbons (Fsp3) is 0.259. The summed E-state index contributed by atoms with van der Waals surface area (Å²) in [4.78, 5) is 29.0. The Morgan fingerprint density at radius 2 is 1.44 bits per heavy atom. The normalized spacial score (nSPS) is 13.3. The average molecular weight is 460 g/mol. The second-order valence-corrected chi connectivity index (χ2v) is 8.03. The zero-order valence-electron chi connectivity index (χ0n) is 19.3. The fourth-order valence-corrected chi connectivity index (χ4v) is 3.92. The first-order valence-electron chi connectivity index (χ1n) is 11.4. The highest BCUT2D eigenvalue weighted by Gasteiger charge is 2.23. The molecule has 0 bridgehead atoms. The van der Waals surface area contributed by atoms with Gasteiger partial charge in [-0.3, -0.25) is 9.59 Å². The summed E-state index contributed by atoms with van der Waals surface area (Å²) in [5, 5.41) is 2.85. The molecule has 34 heavy (non-hydrogen) atoms. The molecule has 176 valence electrons. The lowest BCUT2D eigenvalue weighted by molar-refractivity contribution is -0.133. The molecule has 2 amide bonds. The first-order chi connectivity index (χ1) is 16.6. The summed E-state index contributed by atoms with van der Waals surface area (Å²) in [5.74, 6) is 2.09. The lowest BCUT2D eigenvalue weighted by Gasteiger charge is -2.36. The predicted molar refractivity (Wildman–Crippen MR) is 133 cm³/mol. The van der Waals surface area contributed by atoms with Crippen LogP contribution in [0.1, 0.15) is 12.8 Å². The van der Waals surface area contributed by atoms with E-state index in [4.69, 9.17) is 9.47 Å². The Morgan fingerprint density at radius 1 is 0.794 bits per heavy atom. The third-order valence-electron chi connectivity index (χ3n) is 5.74. The number of para-hydroxylation sites is 3. The van der Waals surface area contributed by atoms with Crippen LogP contribution in [0.2, 0.25) is 0 Å². The van der Waals surface area contributed by atoms with Gasteiger partial charge in [0.2, 0.25) is 11.8 Å². The van der Waals surface area contributed by atoms with Crippen molar-refractivity contribution in [1.29, 1.82) is 0 Å². The van der Waals surface area contributed by atoms with Crippen LogP contribution in [-0.2, 0) is 9.59 Å². The predicted octanol–water partition coefficient (Wildman–Crippen LogP) is 4.56. The van der Waals surface area contributed by atoms with Gasteiger partial charge in [0.15, 0.2) is 0 Å². The lowest BCUT2D eigenvalue weighted by Crippen LogP contribution is -2.49. The number of benzene rings is 3. The first-order valence-corrected chi connectivity index (χ1v) is 11.4. The molecular weight excluding hydrogens is 430 g/mol. The molecule has 1 saturated heterocycles. The van der Waals surface area contributed by atoms with Gasteiger partial charge in [0.1, 0.15) is 17.2 Å². The summed E-state index contributed by atoms with van der Waals surface area (Å²) in [6.45, 7) is 2.72. The Balaban J connectivity index is 1.20. The number of carbonyl (C=O) groups excluding carboxylic acids is 2. The van der Waals surface area contributed by atoms with Crippen LogP contribution in [0.5, 0.6) is 17.2 Å². The van der Waals surface area contributed by atoms with Crippen LogP contribution >= 0.6 is 0 Å². The minimum Gasteiger partial charge on any atom is -0.495 e. The smallest absolute Gasteiger partial charge is 0.224 e. The molecule has 1 aliphatic rings. The van der Waals surface area contributed by atoms with Crippen molar-refractivity contribution in [3.05, 3.63) is 78.9 Å². The number of methoxy groups -OCH3 is 1. The molecule has 0 atom stereocenters. The van der Waals surface area contributed by atoms with E-state index < -0.39 is 0 Å². The number of rotatable bonds is 8. The van der Waals surface area contributed by atoms with E-state index in [2.05, 4.69) is 10.2 Å². The van der Waals surface area contributed by atoms with Crippen LogP contribution in [0.3, 0.4) is 0 Å². The maximum absolute atomic E-state index is 12.6. The van der Waals surface area contributed by atoms with Gasteiger partial charge >= 0.3 is 0 Å². The van der Waals surface area contributed by atoms with Crippen molar-refractivity contribution in [2.45, 2.75) is 12.8 Å². The second-order valence-electron chi connectivity index (χ2n) is 8.03. The van der Waals surface area contributed by atoms with Crippen molar-refractivity contribution in [3.63, 3.8) is 0 Å². The van der Waals surface area contributed by atoms with Gasteiger partial charge in [0, 0.05) is 44.7 Å². The first kappa shape index (κ1) is 23.2. The maximum Gasteiger partial charge on any atom is 0.224 e. The Hall–Kier alpha value is -4.00. The van der Waals surface area contributed by atoms with E-state index in [0.717, 1.165) is 30.3 Å². The highest BCUT2D eigenvalue weighted by Crippen LogP contribution is 2.28. The largest absolute Gasteiger partial charge is 0.495 e. The van der Waals surface area contributed by atoms with E-state index >= 15 is 0 Å². The Kier molecular flexibility index (Phi) is 7.65. The number of hydrogen-bond donors (Lipinski definition) is 1. The van der Waals surface area contributed by atoms with Gasteiger partial charge in [-0.25, -0.2) is 0 Å². The molecule has 1 N–H and O–H groups in total. The molecule has 0 aliphatic carbocycles. The number of ether oxygens (including phenoxy) is 2. The zero-order chi connectivity index (χ0) is 23.8. The monoisotopic (exact) mass is 459 g/mol. The Labute approximate surface area is 199 Å². The SMILES string of the molecule is COc1ccccc1N1CCN(C(=O)CCC(=O)Nc2ccc(Oc3ccccc3)cc2)CC1. The maximum atomic E-state index is 12.6. The summed E-state index contributed by atoms with van der Waals surface area (Å²) in [6.07, 6.45) is 0.337. The van der Waals surface area contributed by atoms with Crippen molar-refractivity contribution in [3.8, 4) is 17.2 Å². The van der Waals surface area contributed by atoms with E-state index in [1.54, 1.807) is 31.4 Å². The zero-order valence-corrected chi connectivity index (χ0v) is 19.3. The van der Waals surface area contributed by atoms with Crippen LogP contribution in [0.15, 0.2) is 78.9 Å². The van der Waals surface area contributed by atoms with Crippen LogP contribution in [0.4, 0.5) is 11.4 Å². The van der Waals surface area contributed by atoms with Gasteiger partial charge in [-0.2, -0.15) is 0 Å². The van der Waals surface area contributed by atoms with Crippen LogP contribution in [0, 0.1) is 0 Å². The molecule has 0 saturated carbocycles. The summed E-state index contributed by atoms with van der Waals surface area (Å²) in [6, 6.07) is 24.6. The molecule has 0 unspecified atom stereocenters. The number of carbonyl (C=O) groups is 2. The van der Waals surface area contributed by atoms with E-state index in [0.29, 0.717) is 24.5 Å². The van der Waals surface area contributed by atoms with Gasteiger partial charge in [0.25, 0.3) is 0 Å². The third-order valence-corrected chi connectivity index (χ3v) is 5.74. The standard InChI is InChI=1S/C27H29N3O4/c1-33-25-10-6-5-9-24(25)29-17-19-30(20-18-29)27(32)16-15-26(31)28-21-11-13-23(14-12-21)34-22-7-3-2-4-8-22/h2-14H,15-20H2,1H3,(H,28,31). The molecule has 0 spiro atoms. The molecule has 1 aliphatic heterocycles. The molecule has 4 rings (SSSR count). The van der Waals surface area contributed by atoms with Crippen LogP contribution in [-0.4, -0.2) is 50.0 Å². The Morgan fingerprint density at radius 3 is 2.15 bits per heavy atom. The molecule has 0 radical (unpaired) electrons. The van der Waals surface area contributed by atoms with Crippen molar-refractivity contribution in [1.82, 2.24) is 4.90 Å². The van der Waals surface area contributed by atoms with Gasteiger partial charge in [0.05, 0.1) is 12.8 Å². The topological polar surface area (TPSA) is 71.1 Å². The molecule has 1 fully saturated rings. The van der Waals surface area contributed by atoms with Crippen LogP contribution in [0.25, 0.3) is 0 Å². The Bertz CT molecular complexity index is 1090. The lowest BCUT2D eigenvalue weighted by atomic mass is 10.2. The summed E-state index contributed by atoms with van der Waals surface area (Å²) in [5.41, 5.74) is 1.71. The van der Waals surface area contributed by atoms with Crippen molar-refractivity contribution in [2.75, 3.05) is 43.5 Å². The molecule has 1 heterocycles. The molecule has 7 nitrogen and oxygen atoms in total. The third kappa shape index (κ3) is 6.07. The molecular formula is C27H29N3O4. The number of piperazine rings is 1. The van der Waals surface area contributed by atoms with Gasteiger partial charge in [-0.05, 0) is 48.5 Å². The van der Waals surface area contributed by atoms with Crippen molar-refractivity contribution < 1.29 is 19.1 Å². The summed E-state index contributed by atoms with van der Waals surface area (Å²) in [7, 11) is 1.66. The minimum atomic E-state index is -0.183. The van der Waals surface area contributed by atoms with E-state index in [-0.39, 0.29) is 24.7 Å². The summed E-state index contributed by atoms with van der Waals surface area (Å²) >= 11 is 0. The van der Waals surface area contributed by atoms with E-state index in [1.165, 1.54) is 0 Å². The second kappa shape index (κ2) is 11.2. The van der Waals surface area contributed by atoms with Gasteiger partial charge in [-0.15, -0.1) is 0 Å². The number of amides is 2. The van der Waals surface area contributed by atoms with E-state index in [1.807, 2.05) is 59.5 Å². The number of hydrogen-bond acceptors (Lipinski definition) is 5. The van der Waals surface area contributed by atoms with Gasteiger partial charge in [-0.1, -0.05) is 30.3 Å². The van der Waals surface area contributed by atoms with Crippen LogP contribution < -0.4 is 19.7 Å². The summed E-state index contributed by atoms with van der Waals surface area (Å²) < 4.78 is 11.2. The minimum absolute atomic E-state index is 0.00133. The molecule has 7 heteroatoms. The van der Waals surface area contributed by atoms with Crippen molar-refractivity contribution in [2.24, 2.45) is 0 Å². The highest BCUT2D eigenvalue weighted by molar-refractivity contribution is 5.93. The van der Waals surface area contributed by atoms with Gasteiger partial charge < -0.3 is 24.6 Å². The molecule has 0 aromatic heterocycles. The number of nitrogens with one attached hydrogen (secondary N) is 1. The number of nitrogens with zero attached hydrogens (tertiary/aromatic N) is 2. The molecule has 3 aromatic rings. The highest BCUT2D eigenvalue weighted by atomic mass is 16.5.